The number of carboxylic acid groups (broad SMARTS) is 1. The second-order valence-corrected chi connectivity index (χ2v) is 11.0. The van der Waals surface area contributed by atoms with Crippen LogP contribution in [0, 0.1) is 22.5 Å². The van der Waals surface area contributed by atoms with Crippen LogP contribution in [0.5, 0.6) is 0 Å². The van der Waals surface area contributed by atoms with Crippen LogP contribution in [-0.2, 0) is 9.53 Å². The molecule has 1 saturated carbocycles. The molecule has 2 saturated heterocycles. The lowest BCUT2D eigenvalue weighted by atomic mass is 9.75. The fraction of sp³-hybridized carbons (Fsp3) is 0.800. The number of allylic oxidation sites excluding steroid dienone is 3. The summed E-state index contributed by atoms with van der Waals surface area (Å²) in [4.78, 5) is 14.2. The van der Waals surface area contributed by atoms with Crippen LogP contribution in [0.25, 0.3) is 0 Å². The topological polar surface area (TPSA) is 72.8 Å². The number of aliphatic carboxylic acids is 1. The minimum absolute atomic E-state index is 0.0274. The maximum Gasteiger partial charge on any atom is 0.309 e. The van der Waals surface area contributed by atoms with Gasteiger partial charge in [0.05, 0.1) is 31.2 Å². The Morgan fingerprint density at radius 3 is 2.65 bits per heavy atom. The standard InChI is InChI=1S/C25H38N2O4/c1-17-16-20(27(30)13-4-3-5-14-27)21(18-6-7-18)23-22(17)26(12-15-31-23)19-8-10-25(2,11-9-19)24(28)29/h8,17-18,22-23H,3-7,9-16H2,1-2H3,(H,28,29). The van der Waals surface area contributed by atoms with E-state index in [1.807, 2.05) is 6.92 Å². The Kier molecular flexibility index (Phi) is 5.47. The summed E-state index contributed by atoms with van der Waals surface area (Å²) in [7, 11) is 0. The third-order valence-electron chi connectivity index (χ3n) is 8.69. The lowest BCUT2D eigenvalue weighted by molar-refractivity contribution is -0.850. The van der Waals surface area contributed by atoms with Gasteiger partial charge in [-0.1, -0.05) is 13.0 Å². The molecule has 1 N–H and O–H groups in total. The third kappa shape index (κ3) is 3.75. The molecule has 0 amide bonds. The van der Waals surface area contributed by atoms with E-state index in [9.17, 15) is 15.1 Å². The number of carboxylic acids is 1. The van der Waals surface area contributed by atoms with Crippen LogP contribution in [0.4, 0.5) is 0 Å². The van der Waals surface area contributed by atoms with E-state index in [1.165, 1.54) is 30.5 Å². The van der Waals surface area contributed by atoms with Gasteiger partial charge < -0.3 is 24.6 Å². The predicted octanol–water partition coefficient (Wildman–Crippen LogP) is 4.42. The summed E-state index contributed by atoms with van der Waals surface area (Å²) in [6.07, 6.45) is 10.8. The van der Waals surface area contributed by atoms with Crippen molar-refractivity contribution in [2.24, 2.45) is 17.3 Å². The van der Waals surface area contributed by atoms with E-state index in [0.717, 1.165) is 51.0 Å². The summed E-state index contributed by atoms with van der Waals surface area (Å²) in [5, 5.41) is 23.5. The fourth-order valence-corrected chi connectivity index (χ4v) is 6.57. The van der Waals surface area contributed by atoms with E-state index in [0.29, 0.717) is 31.3 Å². The number of ether oxygens (including phenoxy) is 1. The molecule has 2 aliphatic heterocycles. The maximum absolute atomic E-state index is 13.9. The Hall–Kier alpha value is -1.37. The van der Waals surface area contributed by atoms with Gasteiger partial charge in [0.2, 0.25) is 0 Å². The lowest BCUT2D eigenvalue weighted by Crippen LogP contribution is -2.59. The highest BCUT2D eigenvalue weighted by atomic mass is 16.5. The van der Waals surface area contributed by atoms with Crippen LogP contribution < -0.4 is 0 Å². The van der Waals surface area contributed by atoms with Crippen LogP contribution in [-0.4, -0.2) is 59.0 Å². The van der Waals surface area contributed by atoms with Gasteiger partial charge in [0.15, 0.2) is 0 Å². The Morgan fingerprint density at radius 1 is 1.29 bits per heavy atom. The van der Waals surface area contributed by atoms with Crippen molar-refractivity contribution in [1.82, 2.24) is 4.90 Å². The molecular formula is C25H38N2O4. The first kappa shape index (κ1) is 21.5. The first-order valence-corrected chi connectivity index (χ1v) is 12.4. The van der Waals surface area contributed by atoms with E-state index in [1.54, 1.807) is 0 Å². The Balaban J connectivity index is 1.46. The van der Waals surface area contributed by atoms with Crippen molar-refractivity contribution < 1.29 is 19.3 Å². The van der Waals surface area contributed by atoms with Gasteiger partial charge in [-0.25, -0.2) is 0 Å². The van der Waals surface area contributed by atoms with Crippen molar-refractivity contribution in [3.8, 4) is 0 Å². The molecule has 0 aromatic rings. The number of carbonyl (C=O) groups is 1. The number of quaternary nitrogens is 1. The van der Waals surface area contributed by atoms with Gasteiger partial charge in [-0.05, 0) is 70.1 Å². The first-order valence-electron chi connectivity index (χ1n) is 12.4. The van der Waals surface area contributed by atoms with E-state index < -0.39 is 11.4 Å². The van der Waals surface area contributed by atoms with Gasteiger partial charge in [0.1, 0.15) is 11.8 Å². The average molecular weight is 431 g/mol. The molecule has 5 aliphatic rings. The summed E-state index contributed by atoms with van der Waals surface area (Å²) in [5.41, 5.74) is 3.17. The summed E-state index contributed by atoms with van der Waals surface area (Å²) in [6.45, 7) is 7.18. The van der Waals surface area contributed by atoms with Gasteiger partial charge in [-0.2, -0.15) is 0 Å². The summed E-state index contributed by atoms with van der Waals surface area (Å²) >= 11 is 0. The van der Waals surface area contributed by atoms with Gasteiger partial charge >= 0.3 is 5.97 Å². The number of hydrogen-bond donors (Lipinski definition) is 1. The number of nitrogens with zero attached hydrogens (tertiary/aromatic N) is 2. The van der Waals surface area contributed by atoms with Crippen molar-refractivity contribution in [2.75, 3.05) is 26.2 Å². The van der Waals surface area contributed by atoms with Crippen LogP contribution in [0.2, 0.25) is 0 Å². The fourth-order valence-electron chi connectivity index (χ4n) is 6.57. The largest absolute Gasteiger partial charge is 0.628 e. The highest BCUT2D eigenvalue weighted by molar-refractivity contribution is 5.74. The number of hydrogen-bond acceptors (Lipinski definition) is 4. The summed E-state index contributed by atoms with van der Waals surface area (Å²) in [6, 6.07) is 0.268. The van der Waals surface area contributed by atoms with Crippen molar-refractivity contribution >= 4 is 5.97 Å². The van der Waals surface area contributed by atoms with Gasteiger partial charge in [-0.15, -0.1) is 0 Å². The molecule has 0 spiro atoms. The minimum atomic E-state index is -0.691. The van der Waals surface area contributed by atoms with Crippen molar-refractivity contribution in [2.45, 2.75) is 83.8 Å². The molecule has 3 aliphatic carbocycles. The minimum Gasteiger partial charge on any atom is -0.628 e. The lowest BCUT2D eigenvalue weighted by Gasteiger charge is -2.55. The van der Waals surface area contributed by atoms with Crippen LogP contribution in [0.3, 0.4) is 0 Å². The van der Waals surface area contributed by atoms with Crippen LogP contribution >= 0.6 is 0 Å². The van der Waals surface area contributed by atoms with Crippen molar-refractivity contribution in [3.05, 3.63) is 28.3 Å². The Morgan fingerprint density at radius 2 is 2.03 bits per heavy atom. The molecule has 3 fully saturated rings. The quantitative estimate of drug-likeness (QED) is 0.528. The first-order chi connectivity index (χ1) is 14.8. The summed E-state index contributed by atoms with van der Waals surface area (Å²) in [5.74, 6) is 0.210. The van der Waals surface area contributed by atoms with E-state index in [4.69, 9.17) is 4.74 Å². The number of piperidine rings is 1. The highest BCUT2D eigenvalue weighted by Crippen LogP contribution is 2.51. The smallest absolute Gasteiger partial charge is 0.309 e. The van der Waals surface area contributed by atoms with Gasteiger partial charge in [-0.3, -0.25) is 4.79 Å². The molecular weight excluding hydrogens is 392 g/mol. The Labute approximate surface area is 186 Å². The molecule has 6 heteroatoms. The second kappa shape index (κ2) is 7.89. The molecule has 0 aromatic heterocycles. The monoisotopic (exact) mass is 430 g/mol. The number of hydroxylamine groups is 3. The van der Waals surface area contributed by atoms with Gasteiger partial charge in [0.25, 0.3) is 0 Å². The molecule has 31 heavy (non-hydrogen) atoms. The van der Waals surface area contributed by atoms with E-state index in [-0.39, 0.29) is 16.8 Å². The van der Waals surface area contributed by atoms with Crippen molar-refractivity contribution in [3.63, 3.8) is 0 Å². The SMILES string of the molecule is CC1CC([N+]2([O-])CCCCC2)=C(C2CC2)C2OCCN(C3=CCC(C)(C(=O)O)CC3)C12. The molecule has 2 heterocycles. The normalized spacial score (nSPS) is 38.5. The molecule has 0 radical (unpaired) electrons. The molecule has 4 unspecified atom stereocenters. The molecule has 0 aromatic carbocycles. The molecule has 4 atom stereocenters. The number of likely N-dealkylation sites (tertiary alicyclic amines) is 1. The van der Waals surface area contributed by atoms with Crippen LogP contribution in [0.15, 0.2) is 23.0 Å². The third-order valence-corrected chi connectivity index (χ3v) is 8.69. The van der Waals surface area contributed by atoms with E-state index >= 15 is 0 Å². The molecule has 172 valence electrons. The highest BCUT2D eigenvalue weighted by Gasteiger charge is 2.51. The second-order valence-electron chi connectivity index (χ2n) is 11.0. The van der Waals surface area contributed by atoms with Crippen LogP contribution in [0.1, 0.15) is 71.6 Å². The zero-order chi connectivity index (χ0) is 21.8. The number of rotatable bonds is 4. The molecule has 6 nitrogen and oxygen atoms in total. The predicted molar refractivity (Wildman–Crippen MR) is 119 cm³/mol. The molecule has 5 rings (SSSR count). The average Bonchev–Trinajstić information content (AvgIpc) is 3.59. The number of fused-ring (bicyclic) bond motifs is 1. The Bertz CT molecular complexity index is 795. The summed E-state index contributed by atoms with van der Waals surface area (Å²) < 4.78 is 6.37. The maximum atomic E-state index is 13.9. The zero-order valence-electron chi connectivity index (χ0n) is 19.1. The van der Waals surface area contributed by atoms with E-state index in [2.05, 4.69) is 17.9 Å². The number of morpholine rings is 1. The van der Waals surface area contributed by atoms with Gasteiger partial charge in [0, 0.05) is 24.2 Å². The molecule has 0 bridgehead atoms. The van der Waals surface area contributed by atoms with Crippen molar-refractivity contribution in [1.29, 1.82) is 0 Å². The zero-order valence-corrected chi connectivity index (χ0v) is 19.1.